The first-order chi connectivity index (χ1) is 9.07. The Kier molecular flexibility index (Phi) is 2.55. The van der Waals surface area contributed by atoms with Gasteiger partial charge in [0.05, 0.1) is 0 Å². The molecule has 2 aromatic rings. The van der Waals surface area contributed by atoms with Gasteiger partial charge >= 0.3 is 6.29 Å². The second-order valence-electron chi connectivity index (χ2n) is 3.99. The summed E-state index contributed by atoms with van der Waals surface area (Å²) in [7, 11) is 0. The third kappa shape index (κ3) is 2.18. The molecule has 3 rings (SSSR count). The van der Waals surface area contributed by atoms with E-state index in [9.17, 15) is 8.78 Å². The first kappa shape index (κ1) is 11.8. The maximum absolute atomic E-state index is 12.9. The van der Waals surface area contributed by atoms with Gasteiger partial charge in [-0.05, 0) is 19.1 Å². The van der Waals surface area contributed by atoms with Crippen LogP contribution in [0.15, 0.2) is 30.6 Å². The zero-order valence-corrected chi connectivity index (χ0v) is 10.1. The van der Waals surface area contributed by atoms with Crippen molar-refractivity contribution in [1.82, 2.24) is 9.55 Å². The van der Waals surface area contributed by atoms with Gasteiger partial charge < -0.3 is 19.4 Å². The van der Waals surface area contributed by atoms with Crippen LogP contribution < -0.4 is 14.8 Å². The van der Waals surface area contributed by atoms with Crippen molar-refractivity contribution in [2.45, 2.75) is 19.8 Å². The van der Waals surface area contributed by atoms with Gasteiger partial charge in [-0.25, -0.2) is 4.98 Å². The van der Waals surface area contributed by atoms with Crippen LogP contribution in [0.25, 0.3) is 0 Å². The molecule has 0 bridgehead atoms. The zero-order chi connectivity index (χ0) is 13.5. The van der Waals surface area contributed by atoms with Crippen LogP contribution in [0.4, 0.5) is 20.4 Å². The van der Waals surface area contributed by atoms with Gasteiger partial charge in [-0.3, -0.25) is 0 Å². The Labute approximate surface area is 107 Å². The highest BCUT2D eigenvalue weighted by atomic mass is 19.3. The number of aryl methyl sites for hydroxylation is 1. The fourth-order valence-electron chi connectivity index (χ4n) is 1.84. The molecule has 0 saturated carbocycles. The summed E-state index contributed by atoms with van der Waals surface area (Å²) in [5, 5.41) is 3.03. The lowest BCUT2D eigenvalue weighted by atomic mass is 10.3. The number of hydrogen-bond acceptors (Lipinski definition) is 4. The van der Waals surface area contributed by atoms with Crippen LogP contribution in [0.2, 0.25) is 0 Å². The second kappa shape index (κ2) is 4.11. The van der Waals surface area contributed by atoms with Crippen LogP contribution in [0.3, 0.4) is 0 Å². The zero-order valence-electron chi connectivity index (χ0n) is 10.1. The predicted molar refractivity (Wildman–Crippen MR) is 63.8 cm³/mol. The molecule has 1 aromatic carbocycles. The van der Waals surface area contributed by atoms with Crippen molar-refractivity contribution >= 4 is 11.6 Å². The van der Waals surface area contributed by atoms with Gasteiger partial charge in [-0.2, -0.15) is 0 Å². The minimum atomic E-state index is -3.59. The Morgan fingerprint density at radius 1 is 1.32 bits per heavy atom. The lowest BCUT2D eigenvalue weighted by Crippen LogP contribution is -2.25. The molecule has 0 amide bonds. The van der Waals surface area contributed by atoms with E-state index in [2.05, 4.69) is 19.8 Å². The van der Waals surface area contributed by atoms with Gasteiger partial charge in [0.15, 0.2) is 11.5 Å². The van der Waals surface area contributed by atoms with Crippen LogP contribution in [-0.4, -0.2) is 15.8 Å². The van der Waals surface area contributed by atoms with E-state index >= 15 is 0 Å². The monoisotopic (exact) mass is 267 g/mol. The SMILES string of the molecule is CCn1ccnc1Nc1ccc2c(c1)OC(F)(F)O2. The lowest BCUT2D eigenvalue weighted by molar-refractivity contribution is -0.286. The van der Waals surface area contributed by atoms with Crippen LogP contribution in [-0.2, 0) is 6.54 Å². The number of hydrogen-bond donors (Lipinski definition) is 1. The molecular weight excluding hydrogens is 256 g/mol. The molecule has 0 atom stereocenters. The van der Waals surface area contributed by atoms with Crippen molar-refractivity contribution in [1.29, 1.82) is 0 Å². The minimum absolute atomic E-state index is 0.00426. The van der Waals surface area contributed by atoms with E-state index < -0.39 is 6.29 Å². The van der Waals surface area contributed by atoms with Gasteiger partial charge in [-0.15, -0.1) is 8.78 Å². The van der Waals surface area contributed by atoms with Gasteiger partial charge in [0.25, 0.3) is 0 Å². The van der Waals surface area contributed by atoms with E-state index in [1.165, 1.54) is 12.1 Å². The van der Waals surface area contributed by atoms with E-state index in [-0.39, 0.29) is 11.5 Å². The van der Waals surface area contributed by atoms with Gasteiger partial charge in [0, 0.05) is 30.7 Å². The highest BCUT2D eigenvalue weighted by Crippen LogP contribution is 2.42. The average Bonchev–Trinajstić information content (AvgIpc) is 2.90. The Hall–Kier alpha value is -2.31. The summed E-state index contributed by atoms with van der Waals surface area (Å²) in [6.07, 6.45) is -0.112. The van der Waals surface area contributed by atoms with Crippen molar-refractivity contribution in [3.05, 3.63) is 30.6 Å². The van der Waals surface area contributed by atoms with E-state index in [4.69, 9.17) is 0 Å². The normalized spacial score (nSPS) is 15.5. The summed E-state index contributed by atoms with van der Waals surface area (Å²) >= 11 is 0. The van der Waals surface area contributed by atoms with Crippen molar-refractivity contribution < 1.29 is 18.3 Å². The van der Waals surface area contributed by atoms with Crippen LogP contribution >= 0.6 is 0 Å². The number of nitrogens with zero attached hydrogens (tertiary/aromatic N) is 2. The summed E-state index contributed by atoms with van der Waals surface area (Å²) in [5.41, 5.74) is 0.598. The number of imidazole rings is 1. The average molecular weight is 267 g/mol. The van der Waals surface area contributed by atoms with Crippen LogP contribution in [0.1, 0.15) is 6.92 Å². The third-order valence-electron chi connectivity index (χ3n) is 2.71. The number of halogens is 2. The number of fused-ring (bicyclic) bond motifs is 1. The Balaban J connectivity index is 1.85. The van der Waals surface area contributed by atoms with Gasteiger partial charge in [-0.1, -0.05) is 0 Å². The number of aromatic nitrogens is 2. The molecule has 0 spiro atoms. The number of ether oxygens (including phenoxy) is 2. The molecule has 0 saturated heterocycles. The fourth-order valence-corrected chi connectivity index (χ4v) is 1.84. The molecule has 0 unspecified atom stereocenters. The molecular formula is C12H11F2N3O2. The Morgan fingerprint density at radius 2 is 2.11 bits per heavy atom. The molecule has 0 fully saturated rings. The maximum Gasteiger partial charge on any atom is 0.586 e. The molecule has 1 aliphatic heterocycles. The van der Waals surface area contributed by atoms with E-state index in [1.54, 1.807) is 12.3 Å². The quantitative estimate of drug-likeness (QED) is 0.928. The van der Waals surface area contributed by atoms with Crippen LogP contribution in [0, 0.1) is 0 Å². The van der Waals surface area contributed by atoms with Gasteiger partial charge in [0.2, 0.25) is 5.95 Å². The minimum Gasteiger partial charge on any atom is -0.395 e. The van der Waals surface area contributed by atoms with E-state index in [1.807, 2.05) is 17.7 Å². The topological polar surface area (TPSA) is 48.3 Å². The molecule has 0 radical (unpaired) electrons. The van der Waals surface area contributed by atoms with Crippen LogP contribution in [0.5, 0.6) is 11.5 Å². The van der Waals surface area contributed by atoms with E-state index in [0.29, 0.717) is 11.6 Å². The smallest absolute Gasteiger partial charge is 0.395 e. The van der Waals surface area contributed by atoms with Crippen molar-refractivity contribution in [3.8, 4) is 11.5 Å². The first-order valence-electron chi connectivity index (χ1n) is 5.75. The Morgan fingerprint density at radius 3 is 2.89 bits per heavy atom. The maximum atomic E-state index is 12.9. The number of alkyl halides is 2. The highest BCUT2D eigenvalue weighted by molar-refractivity contribution is 5.60. The van der Waals surface area contributed by atoms with Gasteiger partial charge in [0.1, 0.15) is 0 Å². The summed E-state index contributed by atoms with van der Waals surface area (Å²) in [6.45, 7) is 2.73. The summed E-state index contributed by atoms with van der Waals surface area (Å²) in [6, 6.07) is 4.50. The summed E-state index contributed by atoms with van der Waals surface area (Å²) < 4.78 is 36.4. The summed E-state index contributed by atoms with van der Waals surface area (Å²) in [5.74, 6) is 0.659. The second-order valence-corrected chi connectivity index (χ2v) is 3.99. The molecule has 1 aliphatic rings. The predicted octanol–water partition coefficient (Wildman–Crippen LogP) is 2.97. The fraction of sp³-hybridized carbons (Fsp3) is 0.250. The third-order valence-corrected chi connectivity index (χ3v) is 2.71. The molecule has 19 heavy (non-hydrogen) atoms. The number of benzene rings is 1. The number of anilines is 2. The van der Waals surface area contributed by atoms with E-state index in [0.717, 1.165) is 6.54 Å². The lowest BCUT2D eigenvalue weighted by Gasteiger charge is -2.08. The molecule has 7 heteroatoms. The Bertz CT molecular complexity index is 613. The molecule has 1 N–H and O–H groups in total. The molecule has 100 valence electrons. The van der Waals surface area contributed by atoms with Crippen molar-refractivity contribution in [2.24, 2.45) is 0 Å². The summed E-state index contributed by atoms with van der Waals surface area (Å²) in [4.78, 5) is 4.14. The first-order valence-corrected chi connectivity index (χ1v) is 5.75. The number of rotatable bonds is 3. The molecule has 0 aliphatic carbocycles. The standard InChI is InChI=1S/C12H11F2N3O2/c1-2-17-6-5-15-11(17)16-8-3-4-9-10(7-8)19-12(13,14)18-9/h3-7H,2H2,1H3,(H,15,16). The number of nitrogens with one attached hydrogen (secondary N) is 1. The van der Waals surface area contributed by atoms with Crippen molar-refractivity contribution in [3.63, 3.8) is 0 Å². The molecule has 1 aromatic heterocycles. The molecule has 2 heterocycles. The molecule has 5 nitrogen and oxygen atoms in total. The largest absolute Gasteiger partial charge is 0.586 e. The van der Waals surface area contributed by atoms with Crippen molar-refractivity contribution in [2.75, 3.05) is 5.32 Å². The highest BCUT2D eigenvalue weighted by Gasteiger charge is 2.43.